The van der Waals surface area contributed by atoms with Gasteiger partial charge < -0.3 is 5.32 Å². The van der Waals surface area contributed by atoms with Crippen molar-refractivity contribution in [2.75, 3.05) is 0 Å². The van der Waals surface area contributed by atoms with Crippen molar-refractivity contribution in [1.82, 2.24) is 5.32 Å². The molecule has 0 saturated heterocycles. The summed E-state index contributed by atoms with van der Waals surface area (Å²) >= 11 is 0. The van der Waals surface area contributed by atoms with Crippen LogP contribution >= 0.6 is 10.7 Å². The highest BCUT2D eigenvalue weighted by atomic mass is 35.7. The van der Waals surface area contributed by atoms with E-state index >= 15 is 0 Å². The number of rotatable bonds is 4. The molecule has 4 nitrogen and oxygen atoms in total. The summed E-state index contributed by atoms with van der Waals surface area (Å²) in [5, 5.41) is 2.63. The first-order valence-corrected chi connectivity index (χ1v) is 7.51. The Kier molecular flexibility index (Phi) is 4.76. The molecule has 1 unspecified atom stereocenters. The molecule has 0 aliphatic heterocycles. The SMILES string of the molecule is C#CC(CC)NC(=O)c1ccc(S(=O)(=O)Cl)cc1. The maximum absolute atomic E-state index is 11.7. The van der Waals surface area contributed by atoms with Crippen LogP contribution in [-0.4, -0.2) is 20.4 Å². The Morgan fingerprint density at radius 2 is 2.00 bits per heavy atom. The van der Waals surface area contributed by atoms with Crippen molar-refractivity contribution < 1.29 is 13.2 Å². The number of carbonyl (C=O) groups excluding carboxylic acids is 1. The molecule has 0 saturated carbocycles. The third-order valence-corrected chi connectivity index (χ3v) is 3.68. The zero-order valence-electron chi connectivity index (χ0n) is 9.68. The van der Waals surface area contributed by atoms with Crippen LogP contribution in [0.25, 0.3) is 0 Å². The summed E-state index contributed by atoms with van der Waals surface area (Å²) in [5.41, 5.74) is 0.327. The Hall–Kier alpha value is -1.51. The minimum Gasteiger partial charge on any atom is -0.338 e. The average molecular weight is 286 g/mol. The van der Waals surface area contributed by atoms with E-state index < -0.39 is 9.05 Å². The fourth-order valence-electron chi connectivity index (χ4n) is 1.27. The van der Waals surface area contributed by atoms with Crippen LogP contribution in [0.5, 0.6) is 0 Å². The molecular weight excluding hydrogens is 274 g/mol. The highest BCUT2D eigenvalue weighted by molar-refractivity contribution is 8.13. The van der Waals surface area contributed by atoms with Gasteiger partial charge in [0.2, 0.25) is 0 Å². The molecule has 0 aliphatic carbocycles. The van der Waals surface area contributed by atoms with Gasteiger partial charge in [-0.15, -0.1) is 6.42 Å². The second-order valence-corrected chi connectivity index (χ2v) is 6.13. The van der Waals surface area contributed by atoms with Crippen LogP contribution in [0.15, 0.2) is 29.2 Å². The molecule has 1 atom stereocenters. The molecule has 6 heteroatoms. The quantitative estimate of drug-likeness (QED) is 0.677. The second-order valence-electron chi connectivity index (χ2n) is 3.56. The van der Waals surface area contributed by atoms with Crippen molar-refractivity contribution in [2.45, 2.75) is 24.3 Å². The first kappa shape index (κ1) is 14.6. The van der Waals surface area contributed by atoms with Crippen LogP contribution in [0, 0.1) is 12.3 Å². The number of hydrogen-bond acceptors (Lipinski definition) is 3. The Morgan fingerprint density at radius 1 is 1.44 bits per heavy atom. The Bertz CT molecular complexity index is 572. The van der Waals surface area contributed by atoms with Gasteiger partial charge in [-0.3, -0.25) is 4.79 Å². The summed E-state index contributed by atoms with van der Waals surface area (Å²) in [6.07, 6.45) is 5.85. The lowest BCUT2D eigenvalue weighted by molar-refractivity contribution is 0.0945. The number of nitrogens with one attached hydrogen (secondary N) is 1. The van der Waals surface area contributed by atoms with E-state index in [1.165, 1.54) is 24.3 Å². The zero-order chi connectivity index (χ0) is 13.8. The van der Waals surface area contributed by atoms with Crippen molar-refractivity contribution in [2.24, 2.45) is 0 Å². The number of hydrogen-bond donors (Lipinski definition) is 1. The number of terminal acetylenes is 1. The van der Waals surface area contributed by atoms with Crippen LogP contribution in [0.1, 0.15) is 23.7 Å². The number of carbonyl (C=O) groups is 1. The van der Waals surface area contributed by atoms with Gasteiger partial charge in [-0.1, -0.05) is 12.8 Å². The molecule has 0 bridgehead atoms. The van der Waals surface area contributed by atoms with Gasteiger partial charge in [0.15, 0.2) is 0 Å². The minimum absolute atomic E-state index is 0.0512. The smallest absolute Gasteiger partial charge is 0.261 e. The number of halogens is 1. The molecular formula is C12H12ClNO3S. The predicted molar refractivity (Wildman–Crippen MR) is 69.9 cm³/mol. The molecule has 1 amide bonds. The maximum atomic E-state index is 11.7. The summed E-state index contributed by atoms with van der Waals surface area (Å²) in [7, 11) is 1.40. The van der Waals surface area contributed by atoms with E-state index in [0.717, 1.165) is 0 Å². The third-order valence-electron chi connectivity index (χ3n) is 2.31. The predicted octanol–water partition coefficient (Wildman–Crippen LogP) is 1.76. The summed E-state index contributed by atoms with van der Waals surface area (Å²) < 4.78 is 22.0. The van der Waals surface area contributed by atoms with Crippen LogP contribution < -0.4 is 5.32 Å². The van der Waals surface area contributed by atoms with Crippen molar-refractivity contribution in [3.63, 3.8) is 0 Å². The van der Waals surface area contributed by atoms with Crippen LogP contribution in [0.4, 0.5) is 0 Å². The van der Waals surface area contributed by atoms with Crippen molar-refractivity contribution in [1.29, 1.82) is 0 Å². The molecule has 1 rings (SSSR count). The molecule has 0 heterocycles. The second kappa shape index (κ2) is 5.89. The van der Waals surface area contributed by atoms with Gasteiger partial charge in [0.25, 0.3) is 15.0 Å². The highest BCUT2D eigenvalue weighted by Gasteiger charge is 2.13. The zero-order valence-corrected chi connectivity index (χ0v) is 11.3. The van der Waals surface area contributed by atoms with E-state index in [2.05, 4.69) is 11.2 Å². The third kappa shape index (κ3) is 3.76. The Morgan fingerprint density at radius 3 is 2.39 bits per heavy atom. The van der Waals surface area contributed by atoms with E-state index in [0.29, 0.717) is 12.0 Å². The van der Waals surface area contributed by atoms with E-state index in [9.17, 15) is 13.2 Å². The lowest BCUT2D eigenvalue weighted by Crippen LogP contribution is -2.33. The lowest BCUT2D eigenvalue weighted by Gasteiger charge is -2.10. The molecule has 1 N–H and O–H groups in total. The lowest BCUT2D eigenvalue weighted by atomic mass is 10.2. The largest absolute Gasteiger partial charge is 0.338 e. The normalized spacial score (nSPS) is 12.5. The van der Waals surface area contributed by atoms with E-state index in [-0.39, 0.29) is 16.8 Å². The summed E-state index contributed by atoms with van der Waals surface area (Å²) in [5.74, 6) is 2.09. The van der Waals surface area contributed by atoms with Crippen LogP contribution in [0.3, 0.4) is 0 Å². The number of benzene rings is 1. The van der Waals surface area contributed by atoms with E-state index in [4.69, 9.17) is 17.1 Å². The fraction of sp³-hybridized carbons (Fsp3) is 0.250. The fourth-order valence-corrected chi connectivity index (χ4v) is 2.04. The van der Waals surface area contributed by atoms with Gasteiger partial charge in [0.05, 0.1) is 10.9 Å². The maximum Gasteiger partial charge on any atom is 0.261 e. The summed E-state index contributed by atoms with van der Waals surface area (Å²) in [4.78, 5) is 11.7. The average Bonchev–Trinajstić information content (AvgIpc) is 2.34. The standard InChI is InChI=1S/C12H12ClNO3S/c1-3-10(4-2)14-12(15)9-5-7-11(8-6-9)18(13,16)17/h1,5-8,10H,4H2,2H3,(H,14,15). The Balaban J connectivity index is 2.87. The first-order chi connectivity index (χ1) is 8.38. The van der Waals surface area contributed by atoms with Gasteiger partial charge in [-0.25, -0.2) is 8.42 Å². The molecule has 1 aromatic rings. The molecule has 0 aliphatic rings. The van der Waals surface area contributed by atoms with Gasteiger partial charge >= 0.3 is 0 Å². The van der Waals surface area contributed by atoms with Crippen LogP contribution in [-0.2, 0) is 9.05 Å². The first-order valence-electron chi connectivity index (χ1n) is 5.20. The number of amides is 1. The summed E-state index contributed by atoms with van der Waals surface area (Å²) in [6.45, 7) is 1.86. The van der Waals surface area contributed by atoms with Gasteiger partial charge in [0, 0.05) is 16.2 Å². The molecule has 96 valence electrons. The van der Waals surface area contributed by atoms with E-state index in [1.807, 2.05) is 6.92 Å². The molecule has 0 fully saturated rings. The molecule has 18 heavy (non-hydrogen) atoms. The van der Waals surface area contributed by atoms with Gasteiger partial charge in [-0.05, 0) is 30.7 Å². The van der Waals surface area contributed by atoms with Crippen molar-refractivity contribution in [3.8, 4) is 12.3 Å². The van der Waals surface area contributed by atoms with Gasteiger partial charge in [0.1, 0.15) is 0 Å². The topological polar surface area (TPSA) is 63.2 Å². The molecule has 0 spiro atoms. The van der Waals surface area contributed by atoms with Crippen LogP contribution in [0.2, 0.25) is 0 Å². The molecule has 0 aromatic heterocycles. The highest BCUT2D eigenvalue weighted by Crippen LogP contribution is 2.15. The summed E-state index contributed by atoms with van der Waals surface area (Å²) in [6, 6.07) is 4.97. The Labute approximate surface area is 111 Å². The monoisotopic (exact) mass is 285 g/mol. The minimum atomic E-state index is -3.77. The van der Waals surface area contributed by atoms with Gasteiger partial charge in [-0.2, -0.15) is 0 Å². The van der Waals surface area contributed by atoms with E-state index in [1.54, 1.807) is 0 Å². The molecule has 1 aromatic carbocycles. The van der Waals surface area contributed by atoms with Crippen molar-refractivity contribution >= 4 is 25.6 Å². The van der Waals surface area contributed by atoms with Crippen molar-refractivity contribution in [3.05, 3.63) is 29.8 Å². The molecule has 0 radical (unpaired) electrons.